The number of nitrogens with two attached hydrogens (primary N) is 3. The Bertz CT molecular complexity index is 2050. The van der Waals surface area contributed by atoms with Gasteiger partial charge in [0.05, 0.1) is 9.82 Å². The van der Waals surface area contributed by atoms with Gasteiger partial charge in [-0.25, -0.2) is 30.4 Å². The monoisotopic (exact) mass is 829 g/mol. The van der Waals surface area contributed by atoms with E-state index in [2.05, 4.69) is 9.07 Å². The molecule has 0 aliphatic heterocycles. The number of benzene rings is 3. The molecule has 0 heterocycles. The van der Waals surface area contributed by atoms with Crippen LogP contribution in [0.15, 0.2) is 82.6 Å². The second-order valence-corrected chi connectivity index (χ2v) is 14.6. The zero-order valence-electron chi connectivity index (χ0n) is 27.7. The molecule has 0 unspecified atom stereocenters. The number of nitro groups is 1. The molecule has 3 aromatic rings. The molecule has 0 atom stereocenters. The molecule has 0 bridgehead atoms. The normalized spacial score (nSPS) is 11.2. The standard InChI is InChI=1S/C7H6F3N2O4S2.C7H4F3NO5S.C6H8N2O2S.CH2O3.3Li.H/c8-7(9,10)18(15,16)12-17(13,14)6-3-1-5(11)2-4-6;8-7(9,10)17(14,15)16-6-3-1-5(2-4-6)11(12)13;7-5-1-3-6(4-2-5)11(8,9)10;2-1-4-3;;;;/h1-4H,11H2;1-4H;1-4H,7H2,(H2,8,9,10);1,3H;;;;/q-1;;;;3*+1;-1/p-1. The zero-order chi connectivity index (χ0) is 39.4. The van der Waals surface area contributed by atoms with Gasteiger partial charge in [0.15, 0.2) is 10.0 Å². The van der Waals surface area contributed by atoms with E-state index in [0.717, 1.165) is 48.5 Å². The van der Waals surface area contributed by atoms with Crippen molar-refractivity contribution < 1.29 is 142 Å². The number of alkyl halides is 6. The Balaban J connectivity index is -0.000000208. The van der Waals surface area contributed by atoms with Crippen LogP contribution < -0.4 is 82.6 Å². The Morgan fingerprint density at radius 1 is 0.698 bits per heavy atom. The third kappa shape index (κ3) is 20.3. The fraction of sp³-hybridized carbons (Fsp3) is 0.0952. The van der Waals surface area contributed by atoms with E-state index in [1.54, 1.807) is 0 Å². The molecule has 3 aromatic carbocycles. The number of carbonyl (C=O) groups excluding carboxylic acids is 1. The number of non-ortho nitro benzene ring substituents is 1. The second kappa shape index (κ2) is 23.0. The van der Waals surface area contributed by atoms with Gasteiger partial charge in [-0.3, -0.25) is 14.9 Å². The number of carbonyl (C=O) groups is 1. The molecule has 32 heteroatoms. The van der Waals surface area contributed by atoms with E-state index >= 15 is 0 Å². The largest absolute Gasteiger partial charge is 1.00 e. The van der Waals surface area contributed by atoms with Crippen LogP contribution in [-0.4, -0.2) is 56.1 Å². The summed E-state index contributed by atoms with van der Waals surface area (Å²) in [7, 11) is -20.4. The van der Waals surface area contributed by atoms with Crippen molar-refractivity contribution in [3.8, 4) is 5.75 Å². The minimum absolute atomic E-state index is 0. The van der Waals surface area contributed by atoms with Crippen molar-refractivity contribution >= 4 is 63.7 Å². The first-order chi connectivity index (χ1) is 22.5. The molecule has 53 heavy (non-hydrogen) atoms. The molecule has 0 aliphatic rings. The summed E-state index contributed by atoms with van der Waals surface area (Å²) < 4.78 is 164. The van der Waals surface area contributed by atoms with Crippen LogP contribution in [0.25, 0.3) is 4.13 Å². The number of nitrogens with zero attached hydrogens (tertiary/aromatic N) is 2. The van der Waals surface area contributed by atoms with E-state index in [1.165, 1.54) is 24.3 Å². The maximum Gasteiger partial charge on any atom is 1.00 e. The van der Waals surface area contributed by atoms with Gasteiger partial charge < -0.3 is 31.3 Å². The molecular formula is C21H20F6Li3N5O14S4. The van der Waals surface area contributed by atoms with E-state index in [-0.39, 0.29) is 75.1 Å². The number of nitrogen functional groups attached to an aromatic ring is 2. The Hall–Kier alpha value is -3.02. The van der Waals surface area contributed by atoms with E-state index in [1.807, 2.05) is 4.13 Å². The van der Waals surface area contributed by atoms with Gasteiger partial charge in [-0.1, -0.05) is 0 Å². The molecule has 0 aliphatic carbocycles. The van der Waals surface area contributed by atoms with Crippen LogP contribution in [0.4, 0.5) is 43.4 Å². The summed E-state index contributed by atoms with van der Waals surface area (Å²) in [6.45, 7) is -0.181. The molecule has 0 saturated heterocycles. The van der Waals surface area contributed by atoms with Crippen LogP contribution in [-0.2, 0) is 49.9 Å². The molecule has 0 spiro atoms. The van der Waals surface area contributed by atoms with E-state index in [0.29, 0.717) is 5.69 Å². The second-order valence-electron chi connectivity index (χ2n) is 8.08. The Morgan fingerprint density at radius 2 is 1.06 bits per heavy atom. The topological polar surface area (TPSA) is 330 Å². The summed E-state index contributed by atoms with van der Waals surface area (Å²) in [5.41, 5.74) is -0.470. The van der Waals surface area contributed by atoms with Crippen LogP contribution in [0.2, 0.25) is 0 Å². The summed E-state index contributed by atoms with van der Waals surface area (Å²) in [4.78, 5) is 20.1. The van der Waals surface area contributed by atoms with Gasteiger partial charge in [-0.05, 0) is 60.7 Å². The van der Waals surface area contributed by atoms with Crippen LogP contribution in [0.3, 0.4) is 0 Å². The van der Waals surface area contributed by atoms with Crippen LogP contribution >= 0.6 is 0 Å². The maximum absolute atomic E-state index is 12.0. The average molecular weight is 829 g/mol. The number of hydrogen-bond acceptors (Lipinski definition) is 16. The van der Waals surface area contributed by atoms with E-state index < -0.39 is 72.5 Å². The number of anilines is 2. The zero-order valence-corrected chi connectivity index (χ0v) is 30.0. The molecule has 0 amide bonds. The summed E-state index contributed by atoms with van der Waals surface area (Å²) in [5.74, 6) is -0.659. The van der Waals surface area contributed by atoms with E-state index in [4.69, 9.17) is 26.7 Å². The van der Waals surface area contributed by atoms with Crippen molar-refractivity contribution in [3.63, 3.8) is 0 Å². The first-order valence-electron chi connectivity index (χ1n) is 11.5. The van der Waals surface area contributed by atoms with Crippen LogP contribution in [0, 0.1) is 10.1 Å². The smallest absolute Gasteiger partial charge is 1.00 e. The van der Waals surface area contributed by atoms with Crippen molar-refractivity contribution in [2.45, 2.75) is 20.8 Å². The summed E-state index contributed by atoms with van der Waals surface area (Å²) in [6.07, 6.45) is 0. The Kier molecular flexibility index (Phi) is 24.6. The van der Waals surface area contributed by atoms with Crippen molar-refractivity contribution in [2.24, 2.45) is 5.14 Å². The summed E-state index contributed by atoms with van der Waals surface area (Å²) >= 11 is 0. The fourth-order valence-electron chi connectivity index (χ4n) is 2.31. The summed E-state index contributed by atoms with van der Waals surface area (Å²) in [5, 5.41) is 23.5. The van der Waals surface area contributed by atoms with Gasteiger partial charge in [-0.15, -0.1) is 0 Å². The molecule has 19 nitrogen and oxygen atoms in total. The number of sulfonamides is 3. The first-order valence-corrected chi connectivity index (χ1v) is 17.4. The third-order valence-electron chi connectivity index (χ3n) is 4.45. The molecule has 0 fully saturated rings. The van der Waals surface area contributed by atoms with E-state index in [9.17, 15) is 70.1 Å². The van der Waals surface area contributed by atoms with Crippen molar-refractivity contribution in [1.82, 2.24) is 0 Å². The van der Waals surface area contributed by atoms with Crippen molar-refractivity contribution in [3.05, 3.63) is 87.0 Å². The number of nitro benzene ring substituents is 1. The quantitative estimate of drug-likeness (QED) is 0.0219. The fourth-order valence-corrected chi connectivity index (χ4v) is 5.48. The molecule has 0 aromatic heterocycles. The number of halogens is 6. The van der Waals surface area contributed by atoms with Crippen LogP contribution in [0.5, 0.6) is 5.75 Å². The average Bonchev–Trinajstić information content (AvgIpc) is 2.96. The predicted molar refractivity (Wildman–Crippen MR) is 156 cm³/mol. The maximum atomic E-state index is 12.0. The SMILES string of the molecule is Nc1ccc(S(=O)(=O)[N-]S(=O)(=O)C(F)(F)F)cc1.Nc1ccc(S(N)(=O)=O)cc1.O=CO[O-].O=[N+]([O-])c1ccc(OS(=O)(=O)C(F)(F)F)cc1.[H-].[Li+].[Li+].[Li+]. The summed E-state index contributed by atoms with van der Waals surface area (Å²) in [6, 6.07) is 12.7. The van der Waals surface area contributed by atoms with Gasteiger partial charge in [-0.2, -0.15) is 34.8 Å². The predicted octanol–water partition coefficient (Wildman–Crippen LogP) is -7.52. The van der Waals surface area contributed by atoms with Gasteiger partial charge in [0.25, 0.3) is 12.2 Å². The van der Waals surface area contributed by atoms with Crippen molar-refractivity contribution in [1.29, 1.82) is 0 Å². The molecule has 282 valence electrons. The number of rotatable bonds is 8. The molecule has 6 N–H and O–H groups in total. The Labute approximate surface area is 333 Å². The number of primary sulfonamides is 1. The first kappa shape index (κ1) is 56.7. The molecule has 0 radical (unpaired) electrons. The van der Waals surface area contributed by atoms with Gasteiger partial charge in [0.1, 0.15) is 15.8 Å². The van der Waals surface area contributed by atoms with Crippen molar-refractivity contribution in [2.75, 3.05) is 11.5 Å². The Morgan fingerprint density at radius 3 is 1.34 bits per heavy atom. The molecular weight excluding hydrogens is 809 g/mol. The van der Waals surface area contributed by atoms with Gasteiger partial charge in [0.2, 0.25) is 10.0 Å². The van der Waals surface area contributed by atoms with Gasteiger partial charge >= 0.3 is 77.7 Å². The minimum atomic E-state index is -6.11. The third-order valence-corrected chi connectivity index (χ3v) is 9.38. The minimum Gasteiger partial charge on any atom is -1.00 e. The molecule has 3 rings (SSSR count). The van der Waals surface area contributed by atoms with Crippen LogP contribution in [0.1, 0.15) is 1.43 Å². The number of hydrogen-bond donors (Lipinski definition) is 3. The molecule has 0 saturated carbocycles. The van der Waals surface area contributed by atoms with Gasteiger partial charge in [0, 0.05) is 28.4 Å².